The molecule has 4 rings (SSSR count). The van der Waals surface area contributed by atoms with Gasteiger partial charge in [0.25, 0.3) is 5.91 Å². The molecule has 1 aliphatic rings. The van der Waals surface area contributed by atoms with E-state index in [9.17, 15) is 9.59 Å². The molecular formula is C22H24N6O3S. The molecule has 3 heterocycles. The zero-order valence-corrected chi connectivity index (χ0v) is 18.5. The van der Waals surface area contributed by atoms with Gasteiger partial charge in [0.1, 0.15) is 5.82 Å². The fourth-order valence-corrected chi connectivity index (χ4v) is 3.90. The molecule has 2 N–H and O–H groups in total. The molecule has 0 radical (unpaired) electrons. The van der Waals surface area contributed by atoms with Crippen molar-refractivity contribution in [1.82, 2.24) is 14.5 Å². The van der Waals surface area contributed by atoms with E-state index in [0.29, 0.717) is 30.2 Å². The van der Waals surface area contributed by atoms with Gasteiger partial charge in [0.15, 0.2) is 5.16 Å². The summed E-state index contributed by atoms with van der Waals surface area (Å²) in [5.41, 5.74) is 1.74. The van der Waals surface area contributed by atoms with E-state index in [2.05, 4.69) is 25.5 Å². The van der Waals surface area contributed by atoms with Gasteiger partial charge in [0, 0.05) is 43.8 Å². The summed E-state index contributed by atoms with van der Waals surface area (Å²) in [6.07, 6.45) is 5.17. The molecule has 1 fully saturated rings. The summed E-state index contributed by atoms with van der Waals surface area (Å²) in [5, 5.41) is 6.45. The van der Waals surface area contributed by atoms with Crippen LogP contribution in [0.2, 0.25) is 0 Å². The third-order valence-corrected chi connectivity index (χ3v) is 5.94. The Bertz CT molecular complexity index is 1060. The monoisotopic (exact) mass is 452 g/mol. The van der Waals surface area contributed by atoms with E-state index in [-0.39, 0.29) is 17.6 Å². The highest BCUT2D eigenvalue weighted by Crippen LogP contribution is 2.18. The second-order valence-corrected chi connectivity index (χ2v) is 8.14. The van der Waals surface area contributed by atoms with Gasteiger partial charge in [-0.25, -0.2) is 9.97 Å². The van der Waals surface area contributed by atoms with E-state index in [4.69, 9.17) is 4.74 Å². The molecule has 3 aromatic rings. The Hall–Kier alpha value is -3.37. The lowest BCUT2D eigenvalue weighted by molar-refractivity contribution is -0.113. The first-order chi connectivity index (χ1) is 15.6. The molecule has 0 bridgehead atoms. The summed E-state index contributed by atoms with van der Waals surface area (Å²) in [4.78, 5) is 35.5. The van der Waals surface area contributed by atoms with Gasteiger partial charge < -0.3 is 24.8 Å². The van der Waals surface area contributed by atoms with Crippen LogP contribution in [0.25, 0.3) is 0 Å². The van der Waals surface area contributed by atoms with E-state index in [1.54, 1.807) is 36.7 Å². The lowest BCUT2D eigenvalue weighted by Crippen LogP contribution is -2.36. The molecule has 1 aromatic carbocycles. The summed E-state index contributed by atoms with van der Waals surface area (Å²) >= 11 is 1.36. The van der Waals surface area contributed by atoms with E-state index in [0.717, 1.165) is 24.1 Å². The molecule has 1 aliphatic heterocycles. The molecule has 2 aromatic heterocycles. The number of benzene rings is 1. The SMILES string of the molecule is Cn1ccnc1SCC(=O)Nc1ccc(C(=O)Nc2ccc(N3CCOCC3)nc2)cc1. The van der Waals surface area contributed by atoms with Crippen molar-refractivity contribution < 1.29 is 14.3 Å². The molecule has 2 amide bonds. The van der Waals surface area contributed by atoms with Crippen LogP contribution in [0.3, 0.4) is 0 Å². The molecule has 0 spiro atoms. The summed E-state index contributed by atoms with van der Waals surface area (Å²) < 4.78 is 7.21. The smallest absolute Gasteiger partial charge is 0.255 e. The first kappa shape index (κ1) is 21.8. The number of anilines is 3. The fraction of sp³-hybridized carbons (Fsp3) is 0.273. The van der Waals surface area contributed by atoms with Crippen LogP contribution in [0.4, 0.5) is 17.2 Å². The van der Waals surface area contributed by atoms with Crippen LogP contribution in [-0.2, 0) is 16.6 Å². The van der Waals surface area contributed by atoms with Gasteiger partial charge in [-0.05, 0) is 36.4 Å². The summed E-state index contributed by atoms with van der Waals surface area (Å²) in [5.74, 6) is 0.740. The Kier molecular flexibility index (Phi) is 7.03. The number of amides is 2. The number of imidazole rings is 1. The summed E-state index contributed by atoms with van der Waals surface area (Å²) in [7, 11) is 1.88. The number of aromatic nitrogens is 3. The number of nitrogens with zero attached hydrogens (tertiary/aromatic N) is 4. The van der Waals surface area contributed by atoms with Gasteiger partial charge in [0.05, 0.1) is 30.9 Å². The molecule has 0 saturated carbocycles. The fourth-order valence-electron chi connectivity index (χ4n) is 3.17. The number of morpholine rings is 1. The molecular weight excluding hydrogens is 428 g/mol. The number of ether oxygens (including phenoxy) is 1. The van der Waals surface area contributed by atoms with Crippen molar-refractivity contribution in [2.75, 3.05) is 47.6 Å². The Morgan fingerprint density at radius 2 is 1.78 bits per heavy atom. The third-order valence-electron chi connectivity index (χ3n) is 4.88. The van der Waals surface area contributed by atoms with Crippen LogP contribution in [-0.4, -0.2) is 58.4 Å². The van der Waals surface area contributed by atoms with E-state index >= 15 is 0 Å². The van der Waals surface area contributed by atoms with Gasteiger partial charge in [-0.1, -0.05) is 11.8 Å². The van der Waals surface area contributed by atoms with Gasteiger partial charge >= 0.3 is 0 Å². The first-order valence-corrected chi connectivity index (χ1v) is 11.2. The molecule has 0 atom stereocenters. The average molecular weight is 453 g/mol. The largest absolute Gasteiger partial charge is 0.378 e. The zero-order valence-electron chi connectivity index (χ0n) is 17.7. The second kappa shape index (κ2) is 10.3. The molecule has 9 nitrogen and oxygen atoms in total. The molecule has 166 valence electrons. The minimum absolute atomic E-state index is 0.137. The van der Waals surface area contributed by atoms with Crippen molar-refractivity contribution in [1.29, 1.82) is 0 Å². The lowest BCUT2D eigenvalue weighted by Gasteiger charge is -2.27. The molecule has 10 heteroatoms. The van der Waals surface area contributed by atoms with Crippen LogP contribution < -0.4 is 15.5 Å². The number of carbonyl (C=O) groups excluding carboxylic acids is 2. The van der Waals surface area contributed by atoms with Crippen molar-refractivity contribution in [2.45, 2.75) is 5.16 Å². The standard InChI is InChI=1S/C22H24N6O3S/c1-27-9-8-23-22(27)32-15-20(29)25-17-4-2-16(3-5-17)21(30)26-18-6-7-19(24-14-18)28-10-12-31-13-11-28/h2-9,14H,10-13,15H2,1H3,(H,25,29)(H,26,30). The maximum absolute atomic E-state index is 12.5. The second-order valence-electron chi connectivity index (χ2n) is 7.19. The Balaban J connectivity index is 1.28. The number of hydrogen-bond acceptors (Lipinski definition) is 7. The van der Waals surface area contributed by atoms with Crippen LogP contribution >= 0.6 is 11.8 Å². The molecule has 32 heavy (non-hydrogen) atoms. The number of carbonyl (C=O) groups is 2. The maximum atomic E-state index is 12.5. The third kappa shape index (κ3) is 5.65. The van der Waals surface area contributed by atoms with Gasteiger partial charge in [-0.2, -0.15) is 0 Å². The van der Waals surface area contributed by atoms with Crippen LogP contribution in [0.5, 0.6) is 0 Å². The quantitative estimate of drug-likeness (QED) is 0.532. The van der Waals surface area contributed by atoms with E-state index in [1.165, 1.54) is 11.8 Å². The number of nitrogens with one attached hydrogen (secondary N) is 2. The van der Waals surface area contributed by atoms with Crippen LogP contribution in [0.15, 0.2) is 60.1 Å². The maximum Gasteiger partial charge on any atom is 0.255 e. The molecule has 0 aliphatic carbocycles. The Morgan fingerprint density at radius 1 is 1.03 bits per heavy atom. The predicted molar refractivity (Wildman–Crippen MR) is 124 cm³/mol. The highest BCUT2D eigenvalue weighted by atomic mass is 32.2. The molecule has 1 saturated heterocycles. The average Bonchev–Trinajstić information content (AvgIpc) is 3.24. The minimum Gasteiger partial charge on any atom is -0.378 e. The van der Waals surface area contributed by atoms with Crippen LogP contribution in [0.1, 0.15) is 10.4 Å². The van der Waals surface area contributed by atoms with Crippen LogP contribution in [0, 0.1) is 0 Å². The van der Waals surface area contributed by atoms with Crippen molar-refractivity contribution in [3.8, 4) is 0 Å². The van der Waals surface area contributed by atoms with Gasteiger partial charge in [-0.3, -0.25) is 9.59 Å². The Morgan fingerprint density at radius 3 is 2.44 bits per heavy atom. The highest BCUT2D eigenvalue weighted by Gasteiger charge is 2.13. The first-order valence-electron chi connectivity index (χ1n) is 10.2. The van der Waals surface area contributed by atoms with Gasteiger partial charge in [-0.15, -0.1) is 0 Å². The topological polar surface area (TPSA) is 101 Å². The number of thioether (sulfide) groups is 1. The van der Waals surface area contributed by atoms with E-state index < -0.39 is 0 Å². The summed E-state index contributed by atoms with van der Waals surface area (Å²) in [6.45, 7) is 3.01. The number of pyridine rings is 1. The number of aryl methyl sites for hydroxylation is 1. The van der Waals surface area contributed by atoms with E-state index in [1.807, 2.05) is 29.9 Å². The lowest BCUT2D eigenvalue weighted by atomic mass is 10.2. The number of rotatable bonds is 7. The minimum atomic E-state index is -0.242. The Labute approximate surface area is 190 Å². The van der Waals surface area contributed by atoms with Crippen molar-refractivity contribution in [3.05, 3.63) is 60.6 Å². The van der Waals surface area contributed by atoms with Crippen molar-refractivity contribution in [3.63, 3.8) is 0 Å². The normalized spacial score (nSPS) is 13.6. The number of hydrogen-bond donors (Lipinski definition) is 2. The predicted octanol–water partition coefficient (Wildman–Crippen LogP) is 2.63. The van der Waals surface area contributed by atoms with Crippen molar-refractivity contribution >= 4 is 40.8 Å². The van der Waals surface area contributed by atoms with Crippen molar-refractivity contribution in [2.24, 2.45) is 7.05 Å². The summed E-state index contributed by atoms with van der Waals surface area (Å²) in [6, 6.07) is 10.5. The zero-order chi connectivity index (χ0) is 22.3. The highest BCUT2D eigenvalue weighted by molar-refractivity contribution is 7.99. The molecule has 0 unspecified atom stereocenters. The van der Waals surface area contributed by atoms with Gasteiger partial charge in [0.2, 0.25) is 5.91 Å².